The zero-order valence-corrected chi connectivity index (χ0v) is 11.1. The van der Waals surface area contributed by atoms with Crippen molar-refractivity contribution >= 4 is 11.6 Å². The van der Waals surface area contributed by atoms with Crippen molar-refractivity contribution in [3.63, 3.8) is 0 Å². The molecule has 0 aromatic heterocycles. The molecule has 20 heavy (non-hydrogen) atoms. The molecule has 3 heteroatoms. The molecule has 3 rings (SSSR count). The summed E-state index contributed by atoms with van der Waals surface area (Å²) in [7, 11) is 0. The highest BCUT2D eigenvalue weighted by Gasteiger charge is 2.31. The van der Waals surface area contributed by atoms with E-state index in [1.165, 1.54) is 6.92 Å². The molecule has 0 spiro atoms. The Bertz CT molecular complexity index is 688. The van der Waals surface area contributed by atoms with Gasteiger partial charge >= 0.3 is 0 Å². The van der Waals surface area contributed by atoms with Crippen LogP contribution in [0.1, 0.15) is 35.2 Å². The average molecular weight is 266 g/mol. The maximum Gasteiger partial charge on any atom is 0.174 e. The van der Waals surface area contributed by atoms with Crippen molar-refractivity contribution in [2.75, 3.05) is 0 Å². The average Bonchev–Trinajstić information content (AvgIpc) is 2.55. The molecule has 3 nitrogen and oxygen atoms in total. The first kappa shape index (κ1) is 12.6. The van der Waals surface area contributed by atoms with Gasteiger partial charge in [0.15, 0.2) is 5.78 Å². The molecule has 100 valence electrons. The Labute approximate surface area is 117 Å². The summed E-state index contributed by atoms with van der Waals surface area (Å²) >= 11 is 0. The fraction of sp³-hybridized carbons (Fsp3) is 0.176. The van der Waals surface area contributed by atoms with Gasteiger partial charge in [-0.2, -0.15) is 0 Å². The molecule has 1 aliphatic rings. The first-order valence-electron chi connectivity index (χ1n) is 6.56. The third kappa shape index (κ3) is 2.11. The summed E-state index contributed by atoms with van der Waals surface area (Å²) in [5.74, 6) is 0.679. The van der Waals surface area contributed by atoms with Crippen LogP contribution in [0.25, 0.3) is 0 Å². The Morgan fingerprint density at radius 1 is 1.05 bits per heavy atom. The Balaban J connectivity index is 2.19. The molecule has 0 aliphatic carbocycles. The van der Waals surface area contributed by atoms with Crippen LogP contribution in [0.15, 0.2) is 48.5 Å². The van der Waals surface area contributed by atoms with E-state index < -0.39 is 5.92 Å². The van der Waals surface area contributed by atoms with Gasteiger partial charge < -0.3 is 4.74 Å². The number of Topliss-reactive ketones (excluding diaryl/α,β-unsaturated/α-hetero) is 2. The molecule has 0 N–H and O–H groups in total. The first-order chi connectivity index (χ1) is 9.66. The smallest absolute Gasteiger partial charge is 0.174 e. The zero-order chi connectivity index (χ0) is 14.1. The third-order valence-corrected chi connectivity index (χ3v) is 3.47. The lowest BCUT2D eigenvalue weighted by atomic mass is 9.87. The summed E-state index contributed by atoms with van der Waals surface area (Å²) in [5.41, 5.74) is 1.32. The van der Waals surface area contributed by atoms with Gasteiger partial charge in [-0.05, 0) is 25.1 Å². The Hall–Kier alpha value is -2.42. The number of carbonyl (C=O) groups excluding carboxylic acids is 2. The minimum atomic E-state index is -0.465. The number of carbonyl (C=O) groups is 2. The van der Waals surface area contributed by atoms with Crippen LogP contribution in [0.4, 0.5) is 0 Å². The number of para-hydroxylation sites is 2. The van der Waals surface area contributed by atoms with Crippen molar-refractivity contribution in [2.24, 2.45) is 0 Å². The van der Waals surface area contributed by atoms with E-state index in [0.717, 1.165) is 5.56 Å². The second-order valence-electron chi connectivity index (χ2n) is 4.96. The van der Waals surface area contributed by atoms with Crippen molar-refractivity contribution in [1.29, 1.82) is 0 Å². The number of fused-ring (bicyclic) bond motifs is 2. The zero-order valence-electron chi connectivity index (χ0n) is 11.1. The Morgan fingerprint density at radius 2 is 1.70 bits per heavy atom. The number of ether oxygens (including phenoxy) is 1. The van der Waals surface area contributed by atoms with E-state index in [4.69, 9.17) is 4.74 Å². The van der Waals surface area contributed by atoms with Crippen LogP contribution in [0, 0.1) is 0 Å². The molecule has 0 fully saturated rings. The third-order valence-electron chi connectivity index (χ3n) is 3.47. The molecule has 0 saturated carbocycles. The highest BCUT2D eigenvalue weighted by molar-refractivity contribution is 6.06. The predicted octanol–water partition coefficient (Wildman–Crippen LogP) is 3.74. The van der Waals surface area contributed by atoms with Crippen molar-refractivity contribution in [3.8, 4) is 11.5 Å². The first-order valence-corrected chi connectivity index (χ1v) is 6.56. The topological polar surface area (TPSA) is 43.4 Å². The summed E-state index contributed by atoms with van der Waals surface area (Å²) in [6.07, 6.45) is 0.202. The van der Waals surface area contributed by atoms with Gasteiger partial charge in [-0.3, -0.25) is 9.59 Å². The van der Waals surface area contributed by atoms with E-state index in [1.807, 2.05) is 30.3 Å². The summed E-state index contributed by atoms with van der Waals surface area (Å²) in [6.45, 7) is 1.51. The molecule has 1 atom stereocenters. The molecule has 2 aromatic carbocycles. The van der Waals surface area contributed by atoms with E-state index >= 15 is 0 Å². The number of hydrogen-bond acceptors (Lipinski definition) is 3. The van der Waals surface area contributed by atoms with E-state index in [-0.39, 0.29) is 18.0 Å². The van der Waals surface area contributed by atoms with E-state index in [9.17, 15) is 9.59 Å². The Morgan fingerprint density at radius 3 is 2.45 bits per heavy atom. The summed E-state index contributed by atoms with van der Waals surface area (Å²) in [4.78, 5) is 24.2. The molecule has 1 unspecified atom stereocenters. The second-order valence-corrected chi connectivity index (χ2v) is 4.96. The molecule has 1 aliphatic heterocycles. The fourth-order valence-corrected chi connectivity index (χ4v) is 2.56. The predicted molar refractivity (Wildman–Crippen MR) is 75.3 cm³/mol. The van der Waals surface area contributed by atoms with Crippen molar-refractivity contribution < 1.29 is 14.3 Å². The molecule has 0 saturated heterocycles. The molecule has 0 amide bonds. The number of hydrogen-bond donors (Lipinski definition) is 0. The quantitative estimate of drug-likeness (QED) is 0.831. The fourth-order valence-electron chi connectivity index (χ4n) is 2.56. The van der Waals surface area contributed by atoms with Crippen LogP contribution in [0.3, 0.4) is 0 Å². The van der Waals surface area contributed by atoms with E-state index in [1.54, 1.807) is 18.2 Å². The number of ketones is 2. The molecular weight excluding hydrogens is 252 g/mol. The van der Waals surface area contributed by atoms with Gasteiger partial charge in [-0.1, -0.05) is 30.3 Å². The number of rotatable bonds is 2. The van der Waals surface area contributed by atoms with Crippen LogP contribution in [0.5, 0.6) is 11.5 Å². The van der Waals surface area contributed by atoms with Crippen LogP contribution in [-0.4, -0.2) is 11.6 Å². The molecule has 0 bridgehead atoms. The second kappa shape index (κ2) is 4.93. The summed E-state index contributed by atoms with van der Waals surface area (Å²) in [6, 6.07) is 14.6. The molecular formula is C17H14O3. The molecule has 2 aromatic rings. The van der Waals surface area contributed by atoms with Gasteiger partial charge in [0.1, 0.15) is 17.3 Å². The SMILES string of the molecule is CC(=O)CC1C(=O)c2ccccc2Oc2ccccc21. The van der Waals surface area contributed by atoms with E-state index in [0.29, 0.717) is 17.1 Å². The van der Waals surface area contributed by atoms with Crippen LogP contribution >= 0.6 is 0 Å². The maximum absolute atomic E-state index is 12.7. The van der Waals surface area contributed by atoms with Gasteiger partial charge in [0.2, 0.25) is 0 Å². The minimum absolute atomic E-state index is 0.00228. The van der Waals surface area contributed by atoms with Crippen molar-refractivity contribution in [3.05, 3.63) is 59.7 Å². The highest BCUT2D eigenvalue weighted by atomic mass is 16.5. The lowest BCUT2D eigenvalue weighted by molar-refractivity contribution is -0.117. The maximum atomic E-state index is 12.7. The number of benzene rings is 2. The van der Waals surface area contributed by atoms with Gasteiger partial charge in [0, 0.05) is 12.0 Å². The van der Waals surface area contributed by atoms with Gasteiger partial charge in [-0.25, -0.2) is 0 Å². The monoisotopic (exact) mass is 266 g/mol. The van der Waals surface area contributed by atoms with Crippen LogP contribution < -0.4 is 4.74 Å². The van der Waals surface area contributed by atoms with Gasteiger partial charge in [0.05, 0.1) is 11.5 Å². The lowest BCUT2D eigenvalue weighted by Gasteiger charge is -2.13. The van der Waals surface area contributed by atoms with Gasteiger partial charge in [-0.15, -0.1) is 0 Å². The van der Waals surface area contributed by atoms with Crippen LogP contribution in [-0.2, 0) is 4.79 Å². The lowest BCUT2D eigenvalue weighted by Crippen LogP contribution is -2.14. The standard InChI is InChI=1S/C17H14O3/c1-11(18)10-14-12-6-2-4-8-15(12)20-16-9-5-3-7-13(16)17(14)19/h2-9,14H,10H2,1H3. The van der Waals surface area contributed by atoms with Crippen molar-refractivity contribution in [1.82, 2.24) is 0 Å². The molecule has 0 radical (unpaired) electrons. The summed E-state index contributed by atoms with van der Waals surface area (Å²) < 4.78 is 5.85. The van der Waals surface area contributed by atoms with Gasteiger partial charge in [0.25, 0.3) is 0 Å². The van der Waals surface area contributed by atoms with E-state index in [2.05, 4.69) is 0 Å². The van der Waals surface area contributed by atoms with Crippen molar-refractivity contribution in [2.45, 2.75) is 19.3 Å². The largest absolute Gasteiger partial charge is 0.456 e. The summed E-state index contributed by atoms with van der Waals surface area (Å²) in [5, 5.41) is 0. The minimum Gasteiger partial charge on any atom is -0.456 e. The molecule has 1 heterocycles. The van der Waals surface area contributed by atoms with Crippen LogP contribution in [0.2, 0.25) is 0 Å². The Kier molecular flexibility index (Phi) is 3.11. The normalized spacial score (nSPS) is 16.6. The highest BCUT2D eigenvalue weighted by Crippen LogP contribution is 2.40.